The maximum atomic E-state index is 5.85. The van der Waals surface area contributed by atoms with Crippen molar-refractivity contribution in [3.63, 3.8) is 0 Å². The number of nitrogens with zero attached hydrogens (tertiary/aromatic N) is 1. The Kier molecular flexibility index (Phi) is 3.65. The Bertz CT molecular complexity index is 462. The van der Waals surface area contributed by atoms with E-state index in [1.807, 2.05) is 25.3 Å². The molecule has 17 heavy (non-hydrogen) atoms. The molecular weight excluding hydrogens is 212 g/mol. The number of imidazole rings is 1. The van der Waals surface area contributed by atoms with Crippen molar-refractivity contribution in [2.24, 2.45) is 0 Å². The molecule has 0 unspecified atom stereocenters. The van der Waals surface area contributed by atoms with Crippen LogP contribution in [0.3, 0.4) is 0 Å². The summed E-state index contributed by atoms with van der Waals surface area (Å²) >= 11 is 0. The fourth-order valence-corrected chi connectivity index (χ4v) is 1.67. The lowest BCUT2D eigenvalue weighted by atomic mass is 10.2. The van der Waals surface area contributed by atoms with Gasteiger partial charge in [0, 0.05) is 36.7 Å². The van der Waals surface area contributed by atoms with E-state index in [2.05, 4.69) is 21.4 Å². The van der Waals surface area contributed by atoms with E-state index >= 15 is 0 Å². The van der Waals surface area contributed by atoms with Gasteiger partial charge in [-0.25, -0.2) is 4.98 Å². The second-order valence-corrected chi connectivity index (χ2v) is 4.14. The second-order valence-electron chi connectivity index (χ2n) is 4.14. The number of anilines is 2. The third-order valence-electron chi connectivity index (χ3n) is 2.75. The molecule has 0 radical (unpaired) electrons. The lowest BCUT2D eigenvalue weighted by Gasteiger charge is -2.07. The molecule has 1 aromatic heterocycles. The van der Waals surface area contributed by atoms with Gasteiger partial charge in [0.2, 0.25) is 0 Å². The lowest BCUT2D eigenvalue weighted by Crippen LogP contribution is -2.04. The molecule has 1 heterocycles. The topological polar surface area (TPSA) is 66.7 Å². The number of aryl methyl sites for hydroxylation is 2. The predicted molar refractivity (Wildman–Crippen MR) is 71.0 cm³/mol. The first-order chi connectivity index (χ1) is 8.25. The second kappa shape index (κ2) is 5.39. The highest BCUT2D eigenvalue weighted by Gasteiger charge is 1.97. The molecule has 0 spiro atoms. The highest BCUT2D eigenvalue weighted by Crippen LogP contribution is 2.16. The molecule has 0 amide bonds. The zero-order valence-electron chi connectivity index (χ0n) is 10.0. The summed E-state index contributed by atoms with van der Waals surface area (Å²) in [5.74, 6) is 1.04. The molecule has 4 heteroatoms. The van der Waals surface area contributed by atoms with Crippen LogP contribution in [-0.2, 0) is 6.42 Å². The van der Waals surface area contributed by atoms with Crippen molar-refractivity contribution in [2.45, 2.75) is 19.8 Å². The Morgan fingerprint density at radius 3 is 3.00 bits per heavy atom. The van der Waals surface area contributed by atoms with Gasteiger partial charge in [-0.3, -0.25) is 0 Å². The van der Waals surface area contributed by atoms with E-state index in [-0.39, 0.29) is 0 Å². The van der Waals surface area contributed by atoms with Crippen molar-refractivity contribution in [1.29, 1.82) is 0 Å². The van der Waals surface area contributed by atoms with Crippen molar-refractivity contribution in [3.05, 3.63) is 42.0 Å². The van der Waals surface area contributed by atoms with Crippen molar-refractivity contribution in [2.75, 3.05) is 17.6 Å². The monoisotopic (exact) mass is 230 g/mol. The number of aromatic amines is 1. The molecule has 0 atom stereocenters. The van der Waals surface area contributed by atoms with Crippen LogP contribution in [0.15, 0.2) is 30.6 Å². The third kappa shape index (κ3) is 3.24. The molecule has 4 N–H and O–H groups in total. The molecular formula is C13H18N4. The maximum absolute atomic E-state index is 5.85. The molecule has 1 aromatic carbocycles. The Hall–Kier alpha value is -1.97. The summed E-state index contributed by atoms with van der Waals surface area (Å²) in [4.78, 5) is 7.28. The Labute approximate surface area is 101 Å². The first kappa shape index (κ1) is 11.5. The van der Waals surface area contributed by atoms with Crippen molar-refractivity contribution >= 4 is 11.4 Å². The minimum Gasteiger partial charge on any atom is -0.398 e. The highest BCUT2D eigenvalue weighted by atomic mass is 14.9. The summed E-state index contributed by atoms with van der Waals surface area (Å²) in [6.07, 6.45) is 5.63. The predicted octanol–water partition coefficient (Wildman–Crippen LogP) is 2.35. The van der Waals surface area contributed by atoms with E-state index < -0.39 is 0 Å². The van der Waals surface area contributed by atoms with Crippen LogP contribution >= 0.6 is 0 Å². The van der Waals surface area contributed by atoms with Gasteiger partial charge in [0.15, 0.2) is 0 Å². The Morgan fingerprint density at radius 2 is 2.29 bits per heavy atom. The van der Waals surface area contributed by atoms with Gasteiger partial charge in [-0.1, -0.05) is 6.07 Å². The van der Waals surface area contributed by atoms with Gasteiger partial charge in [-0.05, 0) is 31.0 Å². The minimum atomic E-state index is 0.834. The van der Waals surface area contributed by atoms with Gasteiger partial charge >= 0.3 is 0 Å². The smallest absolute Gasteiger partial charge is 0.106 e. The summed E-state index contributed by atoms with van der Waals surface area (Å²) in [6, 6.07) is 6.06. The molecule has 0 bridgehead atoms. The van der Waals surface area contributed by atoms with Crippen LogP contribution in [0.4, 0.5) is 11.4 Å². The van der Waals surface area contributed by atoms with E-state index in [9.17, 15) is 0 Å². The van der Waals surface area contributed by atoms with Crippen molar-refractivity contribution < 1.29 is 0 Å². The fourth-order valence-electron chi connectivity index (χ4n) is 1.67. The summed E-state index contributed by atoms with van der Waals surface area (Å²) in [6.45, 7) is 2.93. The number of benzene rings is 1. The summed E-state index contributed by atoms with van der Waals surface area (Å²) in [5, 5.41) is 3.35. The number of H-pyrrole nitrogens is 1. The van der Waals surface area contributed by atoms with Crippen LogP contribution in [0.1, 0.15) is 17.8 Å². The highest BCUT2D eigenvalue weighted by molar-refractivity contribution is 5.58. The van der Waals surface area contributed by atoms with Gasteiger partial charge in [0.05, 0.1) is 0 Å². The molecule has 90 valence electrons. The molecule has 0 aliphatic rings. The molecule has 2 aromatic rings. The Balaban J connectivity index is 1.76. The van der Waals surface area contributed by atoms with E-state index in [1.54, 1.807) is 6.20 Å². The van der Waals surface area contributed by atoms with Crippen molar-refractivity contribution in [1.82, 2.24) is 9.97 Å². The standard InChI is InChI=1S/C13H18N4/c1-10-4-5-11(9-12(10)14)15-6-2-3-13-16-7-8-17-13/h4-5,7-9,15H,2-3,6,14H2,1H3,(H,16,17). The van der Waals surface area contributed by atoms with E-state index in [0.29, 0.717) is 0 Å². The molecule has 0 aliphatic carbocycles. The van der Waals surface area contributed by atoms with Crippen LogP contribution in [0.5, 0.6) is 0 Å². The number of nitrogens with two attached hydrogens (primary N) is 1. The van der Waals surface area contributed by atoms with E-state index in [0.717, 1.165) is 42.1 Å². The molecule has 4 nitrogen and oxygen atoms in total. The van der Waals surface area contributed by atoms with Gasteiger partial charge < -0.3 is 16.0 Å². The molecule has 0 aliphatic heterocycles. The quantitative estimate of drug-likeness (QED) is 0.545. The van der Waals surface area contributed by atoms with Crippen molar-refractivity contribution in [3.8, 4) is 0 Å². The zero-order chi connectivity index (χ0) is 12.1. The van der Waals surface area contributed by atoms with E-state index in [4.69, 9.17) is 5.73 Å². The van der Waals surface area contributed by atoms with Gasteiger partial charge in [0.25, 0.3) is 0 Å². The van der Waals surface area contributed by atoms with Crippen LogP contribution in [0.25, 0.3) is 0 Å². The van der Waals surface area contributed by atoms with Crippen LogP contribution in [-0.4, -0.2) is 16.5 Å². The first-order valence-corrected chi connectivity index (χ1v) is 5.84. The minimum absolute atomic E-state index is 0.834. The average Bonchev–Trinajstić information content (AvgIpc) is 2.82. The molecule has 0 fully saturated rings. The number of nitrogens with one attached hydrogen (secondary N) is 2. The van der Waals surface area contributed by atoms with Gasteiger partial charge in [-0.15, -0.1) is 0 Å². The number of hydrogen-bond acceptors (Lipinski definition) is 3. The maximum Gasteiger partial charge on any atom is 0.106 e. The van der Waals surface area contributed by atoms with Crippen LogP contribution in [0.2, 0.25) is 0 Å². The first-order valence-electron chi connectivity index (χ1n) is 5.84. The number of nitrogen functional groups attached to an aromatic ring is 1. The third-order valence-corrected chi connectivity index (χ3v) is 2.75. The average molecular weight is 230 g/mol. The summed E-state index contributed by atoms with van der Waals surface area (Å²) in [7, 11) is 0. The Morgan fingerprint density at radius 1 is 1.41 bits per heavy atom. The van der Waals surface area contributed by atoms with Gasteiger partial charge in [0.1, 0.15) is 5.82 Å². The molecule has 0 saturated heterocycles. The fraction of sp³-hybridized carbons (Fsp3) is 0.308. The lowest BCUT2D eigenvalue weighted by molar-refractivity contribution is 0.816. The SMILES string of the molecule is Cc1ccc(NCCCc2ncc[nH]2)cc1N. The zero-order valence-corrected chi connectivity index (χ0v) is 10.0. The van der Waals surface area contributed by atoms with Crippen LogP contribution < -0.4 is 11.1 Å². The van der Waals surface area contributed by atoms with Gasteiger partial charge in [-0.2, -0.15) is 0 Å². The number of hydrogen-bond donors (Lipinski definition) is 3. The van der Waals surface area contributed by atoms with E-state index in [1.165, 1.54) is 0 Å². The summed E-state index contributed by atoms with van der Waals surface area (Å²) in [5.41, 5.74) is 8.87. The number of aromatic nitrogens is 2. The molecule has 0 saturated carbocycles. The number of rotatable bonds is 5. The molecule has 2 rings (SSSR count). The largest absolute Gasteiger partial charge is 0.398 e. The van der Waals surface area contributed by atoms with Crippen LogP contribution in [0, 0.1) is 6.92 Å². The summed E-state index contributed by atoms with van der Waals surface area (Å²) < 4.78 is 0. The normalized spacial score (nSPS) is 10.4.